The zero-order valence-electron chi connectivity index (χ0n) is 10.1. The normalized spacial score (nSPS) is 12.2. The van der Waals surface area contributed by atoms with Crippen molar-refractivity contribution in [1.82, 2.24) is 4.98 Å². The van der Waals surface area contributed by atoms with Gasteiger partial charge in [0.2, 0.25) is 0 Å². The van der Waals surface area contributed by atoms with Gasteiger partial charge in [-0.1, -0.05) is 29.8 Å². The molecule has 2 rings (SSSR count). The number of halogens is 1. The van der Waals surface area contributed by atoms with Gasteiger partial charge in [-0.05, 0) is 25.1 Å². The molecule has 2 aromatic rings. The quantitative estimate of drug-likeness (QED) is 0.919. The van der Waals surface area contributed by atoms with E-state index in [0.29, 0.717) is 17.4 Å². The number of nitrogens with two attached hydrogens (primary N) is 1. The van der Waals surface area contributed by atoms with Crippen LogP contribution in [0.1, 0.15) is 24.2 Å². The molecule has 0 fully saturated rings. The largest absolute Gasteiger partial charge is 0.487 e. The minimum atomic E-state index is -0.0670. The monoisotopic (exact) mass is 262 g/mol. The number of benzene rings is 1. The number of rotatable bonds is 4. The first-order chi connectivity index (χ1) is 8.66. The van der Waals surface area contributed by atoms with Crippen molar-refractivity contribution >= 4 is 11.6 Å². The van der Waals surface area contributed by atoms with E-state index in [9.17, 15) is 0 Å². The predicted molar refractivity (Wildman–Crippen MR) is 72.6 cm³/mol. The molecule has 2 N–H and O–H groups in total. The zero-order valence-corrected chi connectivity index (χ0v) is 10.9. The Hall–Kier alpha value is -1.58. The second-order valence-corrected chi connectivity index (χ2v) is 4.49. The van der Waals surface area contributed by atoms with Gasteiger partial charge in [0, 0.05) is 16.6 Å². The highest BCUT2D eigenvalue weighted by molar-refractivity contribution is 6.31. The molecule has 0 saturated heterocycles. The Kier molecular flexibility index (Phi) is 4.18. The van der Waals surface area contributed by atoms with E-state index in [4.69, 9.17) is 22.1 Å². The molecule has 0 aliphatic heterocycles. The first kappa shape index (κ1) is 12.9. The molecule has 0 aliphatic rings. The van der Waals surface area contributed by atoms with Crippen LogP contribution in [0.25, 0.3) is 0 Å². The molecule has 0 aliphatic carbocycles. The topological polar surface area (TPSA) is 48.1 Å². The van der Waals surface area contributed by atoms with Crippen LogP contribution >= 0.6 is 11.6 Å². The van der Waals surface area contributed by atoms with Gasteiger partial charge >= 0.3 is 0 Å². The standard InChI is InChI=1S/C14H15ClN2O/c1-10(16)14-7-6-12(8-17-14)18-9-11-4-2-3-5-13(11)15/h2-8,10H,9,16H2,1H3. The van der Waals surface area contributed by atoms with Crippen molar-refractivity contribution in [3.63, 3.8) is 0 Å². The van der Waals surface area contributed by atoms with Crippen LogP contribution in [0, 0.1) is 0 Å². The summed E-state index contributed by atoms with van der Waals surface area (Å²) in [6, 6.07) is 11.3. The molecular formula is C14H15ClN2O. The number of aromatic nitrogens is 1. The van der Waals surface area contributed by atoms with Crippen molar-refractivity contribution in [2.45, 2.75) is 19.6 Å². The maximum absolute atomic E-state index is 6.05. The third-order valence-corrected chi connectivity index (χ3v) is 2.95. The SMILES string of the molecule is CC(N)c1ccc(OCc2ccccc2Cl)cn1. The van der Waals surface area contributed by atoms with Gasteiger partial charge in [0.1, 0.15) is 12.4 Å². The van der Waals surface area contributed by atoms with Crippen molar-refractivity contribution in [2.24, 2.45) is 5.73 Å². The molecule has 0 bridgehead atoms. The molecule has 1 unspecified atom stereocenters. The van der Waals surface area contributed by atoms with E-state index in [1.54, 1.807) is 6.20 Å². The molecule has 0 saturated carbocycles. The summed E-state index contributed by atoms with van der Waals surface area (Å²) in [7, 11) is 0. The zero-order chi connectivity index (χ0) is 13.0. The van der Waals surface area contributed by atoms with Crippen molar-refractivity contribution < 1.29 is 4.74 Å². The smallest absolute Gasteiger partial charge is 0.138 e. The van der Waals surface area contributed by atoms with Gasteiger partial charge in [-0.25, -0.2) is 0 Å². The summed E-state index contributed by atoms with van der Waals surface area (Å²) in [5.74, 6) is 0.708. The van der Waals surface area contributed by atoms with Crippen molar-refractivity contribution in [2.75, 3.05) is 0 Å². The van der Waals surface area contributed by atoms with E-state index in [2.05, 4.69) is 4.98 Å². The molecule has 1 aromatic heterocycles. The van der Waals surface area contributed by atoms with Crippen LogP contribution in [0.3, 0.4) is 0 Å². The Bertz CT molecular complexity index is 511. The van der Waals surface area contributed by atoms with E-state index in [1.807, 2.05) is 43.3 Å². The lowest BCUT2D eigenvalue weighted by Gasteiger charge is -2.09. The lowest BCUT2D eigenvalue weighted by Crippen LogP contribution is -2.07. The van der Waals surface area contributed by atoms with Crippen LogP contribution in [0.4, 0.5) is 0 Å². The Balaban J connectivity index is 2.00. The van der Waals surface area contributed by atoms with Crippen LogP contribution in [-0.4, -0.2) is 4.98 Å². The highest BCUT2D eigenvalue weighted by atomic mass is 35.5. The van der Waals surface area contributed by atoms with E-state index in [-0.39, 0.29) is 6.04 Å². The molecule has 0 spiro atoms. The van der Waals surface area contributed by atoms with Crippen LogP contribution < -0.4 is 10.5 Å². The Morgan fingerprint density at radius 1 is 1.28 bits per heavy atom. The Morgan fingerprint density at radius 2 is 2.06 bits per heavy atom. The number of pyridine rings is 1. The van der Waals surface area contributed by atoms with E-state index in [0.717, 1.165) is 11.3 Å². The first-order valence-electron chi connectivity index (χ1n) is 5.74. The molecule has 18 heavy (non-hydrogen) atoms. The summed E-state index contributed by atoms with van der Waals surface area (Å²) in [6.07, 6.45) is 1.68. The third-order valence-electron chi connectivity index (χ3n) is 2.58. The molecule has 1 aromatic carbocycles. The van der Waals surface area contributed by atoms with Gasteiger partial charge in [-0.15, -0.1) is 0 Å². The fourth-order valence-electron chi connectivity index (χ4n) is 1.52. The highest BCUT2D eigenvalue weighted by Crippen LogP contribution is 2.18. The lowest BCUT2D eigenvalue weighted by atomic mass is 10.2. The van der Waals surface area contributed by atoms with Gasteiger partial charge < -0.3 is 10.5 Å². The summed E-state index contributed by atoms with van der Waals surface area (Å²) in [4.78, 5) is 4.23. The molecule has 4 heteroatoms. The predicted octanol–water partition coefficient (Wildman–Crippen LogP) is 3.33. The van der Waals surface area contributed by atoms with Gasteiger partial charge in [0.15, 0.2) is 0 Å². The summed E-state index contributed by atoms with van der Waals surface area (Å²) < 4.78 is 5.62. The molecule has 1 atom stereocenters. The summed E-state index contributed by atoms with van der Waals surface area (Å²) in [5, 5.41) is 0.706. The average Bonchev–Trinajstić information content (AvgIpc) is 2.38. The molecule has 0 radical (unpaired) electrons. The van der Waals surface area contributed by atoms with E-state index < -0.39 is 0 Å². The second-order valence-electron chi connectivity index (χ2n) is 4.09. The lowest BCUT2D eigenvalue weighted by molar-refractivity contribution is 0.305. The maximum Gasteiger partial charge on any atom is 0.138 e. The molecule has 0 amide bonds. The van der Waals surface area contributed by atoms with Gasteiger partial charge in [-0.2, -0.15) is 0 Å². The van der Waals surface area contributed by atoms with E-state index >= 15 is 0 Å². The van der Waals surface area contributed by atoms with Crippen molar-refractivity contribution in [3.05, 3.63) is 58.9 Å². The summed E-state index contributed by atoms with van der Waals surface area (Å²) >= 11 is 6.05. The van der Waals surface area contributed by atoms with Gasteiger partial charge in [0.25, 0.3) is 0 Å². The van der Waals surface area contributed by atoms with Crippen LogP contribution in [0.15, 0.2) is 42.6 Å². The van der Waals surface area contributed by atoms with Crippen molar-refractivity contribution in [1.29, 1.82) is 0 Å². The van der Waals surface area contributed by atoms with Crippen LogP contribution in [0.2, 0.25) is 5.02 Å². The average molecular weight is 263 g/mol. The number of nitrogens with zero attached hydrogens (tertiary/aromatic N) is 1. The molecule has 3 nitrogen and oxygen atoms in total. The van der Waals surface area contributed by atoms with Crippen LogP contribution in [0.5, 0.6) is 5.75 Å². The number of hydrogen-bond donors (Lipinski definition) is 1. The van der Waals surface area contributed by atoms with Gasteiger partial charge in [0.05, 0.1) is 11.9 Å². The number of ether oxygens (including phenoxy) is 1. The number of hydrogen-bond acceptors (Lipinski definition) is 3. The minimum Gasteiger partial charge on any atom is -0.487 e. The Labute approximate surface area is 112 Å². The second kappa shape index (κ2) is 5.85. The van der Waals surface area contributed by atoms with Crippen LogP contribution in [-0.2, 0) is 6.61 Å². The fourth-order valence-corrected chi connectivity index (χ4v) is 1.71. The minimum absolute atomic E-state index is 0.0670. The highest BCUT2D eigenvalue weighted by Gasteiger charge is 2.03. The van der Waals surface area contributed by atoms with E-state index in [1.165, 1.54) is 0 Å². The molecular weight excluding hydrogens is 248 g/mol. The summed E-state index contributed by atoms with van der Waals surface area (Å²) in [6.45, 7) is 2.32. The maximum atomic E-state index is 6.05. The Morgan fingerprint density at radius 3 is 2.67 bits per heavy atom. The first-order valence-corrected chi connectivity index (χ1v) is 6.12. The summed E-state index contributed by atoms with van der Waals surface area (Å²) in [5.41, 5.74) is 7.53. The molecule has 1 heterocycles. The fraction of sp³-hybridized carbons (Fsp3) is 0.214. The van der Waals surface area contributed by atoms with Crippen molar-refractivity contribution in [3.8, 4) is 5.75 Å². The molecule has 94 valence electrons. The van der Waals surface area contributed by atoms with Gasteiger partial charge in [-0.3, -0.25) is 4.98 Å². The third kappa shape index (κ3) is 3.22.